The van der Waals surface area contributed by atoms with Crippen LogP contribution in [0, 0.1) is 23.7 Å². The second-order valence-corrected chi connectivity index (χ2v) is 5.93. The van der Waals surface area contributed by atoms with Crippen LogP contribution in [0.5, 0.6) is 0 Å². The molecule has 3 rings (SSSR count). The Bertz CT molecular complexity index is 976. The number of carbonyl (C=O) groups excluding carboxylic acids is 1. The smallest absolute Gasteiger partial charge is 0.230 e. The molecule has 1 aromatic carbocycles. The number of benzene rings is 1. The van der Waals surface area contributed by atoms with Gasteiger partial charge in [-0.3, -0.25) is 4.79 Å². The Morgan fingerprint density at radius 2 is 2.21 bits per heavy atom. The van der Waals surface area contributed by atoms with Gasteiger partial charge < -0.3 is 9.73 Å². The summed E-state index contributed by atoms with van der Waals surface area (Å²) in [5.41, 5.74) is 1.67. The summed E-state index contributed by atoms with van der Waals surface area (Å²) >= 11 is 1.51. The van der Waals surface area contributed by atoms with Crippen LogP contribution in [-0.2, 0) is 17.6 Å². The zero-order valence-corrected chi connectivity index (χ0v) is 13.3. The van der Waals surface area contributed by atoms with Crippen molar-refractivity contribution in [2.24, 2.45) is 0 Å². The fourth-order valence-electron chi connectivity index (χ4n) is 2.04. The van der Waals surface area contributed by atoms with Crippen LogP contribution >= 0.6 is 11.3 Å². The number of terminal acetylenes is 1. The lowest BCUT2D eigenvalue weighted by atomic mass is 10.2. The van der Waals surface area contributed by atoms with E-state index in [9.17, 15) is 4.79 Å². The van der Waals surface area contributed by atoms with E-state index in [2.05, 4.69) is 26.4 Å². The molecule has 0 spiro atoms. The SMILES string of the molecule is C#Cc1ccc2nc(Cc3nnc(CC(=O)NCC#N)o3)sc2c1. The van der Waals surface area contributed by atoms with Gasteiger partial charge in [0.25, 0.3) is 0 Å². The Morgan fingerprint density at radius 3 is 3.00 bits per heavy atom. The van der Waals surface area contributed by atoms with Gasteiger partial charge in [0.15, 0.2) is 0 Å². The fraction of sp³-hybridized carbons (Fsp3) is 0.188. The molecule has 3 aromatic rings. The summed E-state index contributed by atoms with van der Waals surface area (Å²) in [6.07, 6.45) is 5.73. The van der Waals surface area contributed by atoms with E-state index in [1.807, 2.05) is 24.3 Å². The molecule has 0 unspecified atom stereocenters. The number of nitrogens with zero attached hydrogens (tertiary/aromatic N) is 4. The van der Waals surface area contributed by atoms with Crippen LogP contribution in [0.15, 0.2) is 22.6 Å². The van der Waals surface area contributed by atoms with E-state index >= 15 is 0 Å². The third kappa shape index (κ3) is 3.57. The van der Waals surface area contributed by atoms with Crippen molar-refractivity contribution in [3.05, 3.63) is 40.6 Å². The third-order valence-electron chi connectivity index (χ3n) is 3.09. The van der Waals surface area contributed by atoms with Crippen molar-refractivity contribution in [1.29, 1.82) is 5.26 Å². The third-order valence-corrected chi connectivity index (χ3v) is 4.11. The molecule has 24 heavy (non-hydrogen) atoms. The Kier molecular flexibility index (Phi) is 4.50. The summed E-state index contributed by atoms with van der Waals surface area (Å²) < 4.78 is 6.44. The summed E-state index contributed by atoms with van der Waals surface area (Å²) in [5, 5.41) is 19.4. The molecule has 2 heterocycles. The van der Waals surface area contributed by atoms with Crippen molar-refractivity contribution >= 4 is 27.5 Å². The fourth-order valence-corrected chi connectivity index (χ4v) is 3.03. The second kappa shape index (κ2) is 6.90. The number of fused-ring (bicyclic) bond motifs is 1. The first-order valence-electron chi connectivity index (χ1n) is 6.99. The molecular weight excluding hydrogens is 326 g/mol. The number of hydrogen-bond acceptors (Lipinski definition) is 7. The van der Waals surface area contributed by atoms with Crippen molar-refractivity contribution in [2.45, 2.75) is 12.8 Å². The van der Waals surface area contributed by atoms with Crippen LogP contribution in [0.2, 0.25) is 0 Å². The lowest BCUT2D eigenvalue weighted by Gasteiger charge is -1.95. The van der Waals surface area contributed by atoms with Gasteiger partial charge in [0, 0.05) is 5.56 Å². The molecule has 7 nitrogen and oxygen atoms in total. The predicted octanol–water partition coefficient (Wildman–Crippen LogP) is 1.43. The van der Waals surface area contributed by atoms with Gasteiger partial charge >= 0.3 is 0 Å². The maximum atomic E-state index is 11.5. The number of nitriles is 1. The zero-order chi connectivity index (χ0) is 16.9. The highest BCUT2D eigenvalue weighted by molar-refractivity contribution is 7.18. The van der Waals surface area contributed by atoms with Crippen LogP contribution in [0.4, 0.5) is 0 Å². The molecule has 1 amide bonds. The molecular formula is C16H11N5O2S. The molecule has 1 N–H and O–H groups in total. The first kappa shape index (κ1) is 15.7. The van der Waals surface area contributed by atoms with E-state index in [0.29, 0.717) is 12.3 Å². The molecule has 2 aromatic heterocycles. The van der Waals surface area contributed by atoms with Gasteiger partial charge in [0.05, 0.1) is 22.7 Å². The van der Waals surface area contributed by atoms with Crippen LogP contribution in [0.25, 0.3) is 10.2 Å². The molecule has 0 saturated heterocycles. The Morgan fingerprint density at radius 1 is 1.38 bits per heavy atom. The van der Waals surface area contributed by atoms with Crippen LogP contribution in [0.1, 0.15) is 22.4 Å². The first-order chi connectivity index (χ1) is 11.7. The summed E-state index contributed by atoms with van der Waals surface area (Å²) in [4.78, 5) is 16.0. The lowest BCUT2D eigenvalue weighted by molar-refractivity contribution is -0.120. The largest absolute Gasteiger partial charge is 0.424 e. The molecule has 0 aliphatic rings. The van der Waals surface area contributed by atoms with Gasteiger partial charge in [-0.1, -0.05) is 5.92 Å². The Balaban J connectivity index is 1.69. The molecule has 0 atom stereocenters. The number of aromatic nitrogens is 3. The molecule has 118 valence electrons. The van der Waals surface area contributed by atoms with Crippen molar-refractivity contribution in [3.8, 4) is 18.4 Å². The van der Waals surface area contributed by atoms with E-state index in [1.165, 1.54) is 11.3 Å². The van der Waals surface area contributed by atoms with Gasteiger partial charge in [0.2, 0.25) is 17.7 Å². The standard InChI is InChI=1S/C16H11N5O2S/c1-2-10-3-4-11-12(7-10)24-16(19-11)9-15-21-20-14(23-15)8-13(22)18-6-5-17/h1,3-4,7H,6,8-9H2,(H,18,22). The van der Waals surface area contributed by atoms with Gasteiger partial charge in [-0.15, -0.1) is 28.0 Å². The van der Waals surface area contributed by atoms with Gasteiger partial charge in [-0.05, 0) is 18.2 Å². The Labute approximate surface area is 141 Å². The van der Waals surface area contributed by atoms with E-state index in [4.69, 9.17) is 16.1 Å². The summed E-state index contributed by atoms with van der Waals surface area (Å²) in [7, 11) is 0. The molecule has 0 bridgehead atoms. The van der Waals surface area contributed by atoms with Crippen molar-refractivity contribution in [3.63, 3.8) is 0 Å². The highest BCUT2D eigenvalue weighted by Crippen LogP contribution is 2.24. The van der Waals surface area contributed by atoms with E-state index in [0.717, 1.165) is 20.8 Å². The quantitative estimate of drug-likeness (QED) is 0.558. The average molecular weight is 337 g/mol. The summed E-state index contributed by atoms with van der Waals surface area (Å²) in [6, 6.07) is 7.46. The molecule has 0 aliphatic carbocycles. The maximum absolute atomic E-state index is 11.5. The topological polar surface area (TPSA) is 105 Å². The maximum Gasteiger partial charge on any atom is 0.230 e. The molecule has 0 saturated carbocycles. The van der Waals surface area contributed by atoms with Crippen LogP contribution in [-0.4, -0.2) is 27.6 Å². The Hall–Kier alpha value is -3.23. The zero-order valence-electron chi connectivity index (χ0n) is 12.4. The molecule has 8 heteroatoms. The van der Waals surface area contributed by atoms with Crippen LogP contribution < -0.4 is 5.32 Å². The van der Waals surface area contributed by atoms with Crippen LogP contribution in [0.3, 0.4) is 0 Å². The second-order valence-electron chi connectivity index (χ2n) is 4.81. The number of rotatable bonds is 5. The normalized spacial score (nSPS) is 10.2. The number of hydrogen-bond donors (Lipinski definition) is 1. The summed E-state index contributed by atoms with van der Waals surface area (Å²) in [6.45, 7) is -0.0504. The van der Waals surface area contributed by atoms with E-state index in [1.54, 1.807) is 0 Å². The number of nitrogens with one attached hydrogen (secondary N) is 1. The van der Waals surface area contributed by atoms with Crippen molar-refractivity contribution in [2.75, 3.05) is 6.54 Å². The minimum Gasteiger partial charge on any atom is -0.424 e. The first-order valence-corrected chi connectivity index (χ1v) is 7.80. The lowest BCUT2D eigenvalue weighted by Crippen LogP contribution is -2.25. The molecule has 0 aliphatic heterocycles. The van der Waals surface area contributed by atoms with E-state index < -0.39 is 0 Å². The molecule has 0 radical (unpaired) electrons. The molecule has 0 fully saturated rings. The van der Waals surface area contributed by atoms with Gasteiger partial charge in [0.1, 0.15) is 18.0 Å². The number of amides is 1. The van der Waals surface area contributed by atoms with E-state index in [-0.39, 0.29) is 24.8 Å². The average Bonchev–Trinajstić information content (AvgIpc) is 3.18. The van der Waals surface area contributed by atoms with Gasteiger partial charge in [-0.2, -0.15) is 5.26 Å². The predicted molar refractivity (Wildman–Crippen MR) is 87.0 cm³/mol. The number of thiazole rings is 1. The monoisotopic (exact) mass is 337 g/mol. The minimum absolute atomic E-state index is 0.0504. The highest BCUT2D eigenvalue weighted by atomic mass is 32.1. The van der Waals surface area contributed by atoms with Crippen molar-refractivity contribution in [1.82, 2.24) is 20.5 Å². The highest BCUT2D eigenvalue weighted by Gasteiger charge is 2.13. The summed E-state index contributed by atoms with van der Waals surface area (Å²) in [5.74, 6) is 2.84. The van der Waals surface area contributed by atoms with Gasteiger partial charge in [-0.25, -0.2) is 4.98 Å². The minimum atomic E-state index is -0.339. The van der Waals surface area contributed by atoms with Crippen molar-refractivity contribution < 1.29 is 9.21 Å². The number of carbonyl (C=O) groups is 1.